The summed E-state index contributed by atoms with van der Waals surface area (Å²) in [5.41, 5.74) is 7.36. The monoisotopic (exact) mass is 273 g/mol. The molecule has 2 N–H and O–H groups in total. The Kier molecular flexibility index (Phi) is 4.72. The summed E-state index contributed by atoms with van der Waals surface area (Å²) in [7, 11) is 0. The van der Waals surface area contributed by atoms with E-state index < -0.39 is 0 Å². The van der Waals surface area contributed by atoms with E-state index in [1.807, 2.05) is 25.1 Å². The summed E-state index contributed by atoms with van der Waals surface area (Å²) in [6.45, 7) is 3.76. The van der Waals surface area contributed by atoms with E-state index in [0.29, 0.717) is 31.9 Å². The van der Waals surface area contributed by atoms with Gasteiger partial charge in [0.2, 0.25) is 5.91 Å². The Morgan fingerprint density at radius 1 is 1.50 bits per heavy atom. The topological polar surface area (TPSA) is 79.3 Å². The summed E-state index contributed by atoms with van der Waals surface area (Å²) >= 11 is 0. The lowest BCUT2D eigenvalue weighted by Crippen LogP contribution is -2.43. The Morgan fingerprint density at radius 2 is 2.25 bits per heavy atom. The van der Waals surface area contributed by atoms with E-state index in [-0.39, 0.29) is 17.9 Å². The second kappa shape index (κ2) is 6.51. The molecule has 1 saturated heterocycles. The van der Waals surface area contributed by atoms with Gasteiger partial charge in [-0.15, -0.1) is 0 Å². The Bertz CT molecular complexity index is 524. The van der Waals surface area contributed by atoms with Crippen molar-refractivity contribution in [1.29, 1.82) is 5.26 Å². The molecule has 2 atom stereocenters. The Morgan fingerprint density at radius 3 is 2.85 bits per heavy atom. The van der Waals surface area contributed by atoms with Crippen LogP contribution in [-0.2, 0) is 16.1 Å². The molecule has 0 saturated carbocycles. The Labute approximate surface area is 118 Å². The van der Waals surface area contributed by atoms with Crippen LogP contribution in [0.1, 0.15) is 18.1 Å². The lowest BCUT2D eigenvalue weighted by atomic mass is 10.0. The summed E-state index contributed by atoms with van der Waals surface area (Å²) in [4.78, 5) is 14.2. The molecule has 2 rings (SSSR count). The zero-order valence-corrected chi connectivity index (χ0v) is 11.6. The van der Waals surface area contributed by atoms with Crippen LogP contribution < -0.4 is 5.73 Å². The molecular weight excluding hydrogens is 254 g/mol. The van der Waals surface area contributed by atoms with Gasteiger partial charge in [0.25, 0.3) is 0 Å². The van der Waals surface area contributed by atoms with Crippen molar-refractivity contribution >= 4 is 5.91 Å². The van der Waals surface area contributed by atoms with Crippen molar-refractivity contribution < 1.29 is 9.53 Å². The number of hydrogen-bond acceptors (Lipinski definition) is 4. The number of nitrogens with zero attached hydrogens (tertiary/aromatic N) is 2. The van der Waals surface area contributed by atoms with Crippen LogP contribution in [0, 0.1) is 17.2 Å². The molecular formula is C15H19N3O2. The fourth-order valence-corrected chi connectivity index (χ4v) is 2.38. The van der Waals surface area contributed by atoms with E-state index in [1.165, 1.54) is 0 Å². The number of amides is 1. The zero-order valence-electron chi connectivity index (χ0n) is 11.6. The van der Waals surface area contributed by atoms with Crippen LogP contribution in [0.5, 0.6) is 0 Å². The fourth-order valence-electron chi connectivity index (χ4n) is 2.38. The number of carbonyl (C=O) groups excluding carboxylic acids is 1. The van der Waals surface area contributed by atoms with E-state index in [4.69, 9.17) is 15.7 Å². The van der Waals surface area contributed by atoms with E-state index in [0.717, 1.165) is 5.56 Å². The minimum atomic E-state index is -0.274. The molecule has 2 unspecified atom stereocenters. The summed E-state index contributed by atoms with van der Waals surface area (Å²) in [6.07, 6.45) is 0. The lowest BCUT2D eigenvalue weighted by Gasteiger charge is -2.25. The first-order valence-electron chi connectivity index (χ1n) is 6.77. The van der Waals surface area contributed by atoms with Gasteiger partial charge in [-0.2, -0.15) is 5.26 Å². The zero-order chi connectivity index (χ0) is 14.5. The molecule has 1 aromatic rings. The first-order chi connectivity index (χ1) is 9.67. The number of nitriles is 1. The molecule has 0 spiro atoms. The molecule has 0 aliphatic carbocycles. The number of carbonyl (C=O) groups is 1. The molecule has 1 amide bonds. The summed E-state index contributed by atoms with van der Waals surface area (Å²) in [5.74, 6) is -0.269. The van der Waals surface area contributed by atoms with Crippen LogP contribution in [-0.4, -0.2) is 36.6 Å². The maximum absolute atomic E-state index is 12.5. The predicted molar refractivity (Wildman–Crippen MR) is 74.5 cm³/mol. The van der Waals surface area contributed by atoms with Crippen molar-refractivity contribution in [2.45, 2.75) is 19.5 Å². The van der Waals surface area contributed by atoms with Crippen molar-refractivity contribution in [2.75, 3.05) is 19.8 Å². The molecule has 0 radical (unpaired) electrons. The number of benzene rings is 1. The molecule has 1 heterocycles. The van der Waals surface area contributed by atoms with Gasteiger partial charge in [-0.25, -0.2) is 0 Å². The van der Waals surface area contributed by atoms with Gasteiger partial charge in [-0.3, -0.25) is 4.79 Å². The average Bonchev–Trinajstić information content (AvgIpc) is 2.90. The molecule has 1 aromatic carbocycles. The van der Waals surface area contributed by atoms with E-state index in [2.05, 4.69) is 6.07 Å². The first-order valence-corrected chi connectivity index (χ1v) is 6.77. The van der Waals surface area contributed by atoms with Crippen molar-refractivity contribution in [2.24, 2.45) is 11.7 Å². The van der Waals surface area contributed by atoms with Gasteiger partial charge in [0.15, 0.2) is 0 Å². The van der Waals surface area contributed by atoms with Crippen molar-refractivity contribution in [3.63, 3.8) is 0 Å². The number of ether oxygens (including phenoxy) is 1. The number of hydrogen-bond donors (Lipinski definition) is 1. The van der Waals surface area contributed by atoms with Crippen LogP contribution in [0.2, 0.25) is 0 Å². The quantitative estimate of drug-likeness (QED) is 0.883. The maximum atomic E-state index is 12.5. The highest BCUT2D eigenvalue weighted by Crippen LogP contribution is 2.18. The van der Waals surface area contributed by atoms with Gasteiger partial charge in [0.05, 0.1) is 30.8 Å². The first kappa shape index (κ1) is 14.5. The van der Waals surface area contributed by atoms with Crippen LogP contribution in [0.3, 0.4) is 0 Å². The highest BCUT2D eigenvalue weighted by Gasteiger charge is 2.34. The molecule has 0 aromatic heterocycles. The molecule has 106 valence electrons. The Hall–Kier alpha value is -1.90. The Balaban J connectivity index is 2.13. The number of rotatable bonds is 4. The minimum absolute atomic E-state index is 0.00485. The normalized spacial score (nSPS) is 21.4. The standard InChI is InChI=1S/C15H19N3O2/c1-2-18(15(19)13-9-20-10-14(13)17)8-12-6-4-3-5-11(12)7-16/h3-6,13-14H,2,8-10,17H2,1H3. The smallest absolute Gasteiger partial charge is 0.229 e. The molecule has 0 bridgehead atoms. The van der Waals surface area contributed by atoms with Crippen LogP contribution in [0.25, 0.3) is 0 Å². The van der Waals surface area contributed by atoms with Gasteiger partial charge in [0.1, 0.15) is 0 Å². The van der Waals surface area contributed by atoms with Gasteiger partial charge in [-0.05, 0) is 18.6 Å². The van der Waals surface area contributed by atoms with E-state index in [1.54, 1.807) is 11.0 Å². The van der Waals surface area contributed by atoms with Crippen molar-refractivity contribution in [3.05, 3.63) is 35.4 Å². The van der Waals surface area contributed by atoms with Gasteiger partial charge < -0.3 is 15.4 Å². The third kappa shape index (κ3) is 2.98. The van der Waals surface area contributed by atoms with Crippen LogP contribution in [0.15, 0.2) is 24.3 Å². The molecule has 20 heavy (non-hydrogen) atoms. The third-order valence-electron chi connectivity index (χ3n) is 3.63. The molecule has 1 aliphatic rings. The second-order valence-corrected chi connectivity index (χ2v) is 4.93. The molecule has 1 fully saturated rings. The van der Waals surface area contributed by atoms with Gasteiger partial charge in [0, 0.05) is 19.1 Å². The predicted octanol–water partition coefficient (Wildman–Crippen LogP) is 0.880. The van der Waals surface area contributed by atoms with Crippen molar-refractivity contribution in [1.82, 2.24) is 4.90 Å². The van der Waals surface area contributed by atoms with E-state index >= 15 is 0 Å². The second-order valence-electron chi connectivity index (χ2n) is 4.93. The SMILES string of the molecule is CCN(Cc1ccccc1C#N)C(=O)C1COCC1N. The fraction of sp³-hybridized carbons (Fsp3) is 0.467. The van der Waals surface area contributed by atoms with Crippen LogP contribution >= 0.6 is 0 Å². The van der Waals surface area contributed by atoms with Crippen LogP contribution in [0.4, 0.5) is 0 Å². The highest BCUT2D eigenvalue weighted by molar-refractivity contribution is 5.80. The summed E-state index contributed by atoms with van der Waals surface area (Å²) in [6, 6.07) is 9.25. The van der Waals surface area contributed by atoms with Crippen molar-refractivity contribution in [3.8, 4) is 6.07 Å². The average molecular weight is 273 g/mol. The minimum Gasteiger partial charge on any atom is -0.379 e. The van der Waals surface area contributed by atoms with Gasteiger partial charge in [-0.1, -0.05) is 18.2 Å². The molecule has 5 heteroatoms. The van der Waals surface area contributed by atoms with E-state index in [9.17, 15) is 4.79 Å². The summed E-state index contributed by atoms with van der Waals surface area (Å²) < 4.78 is 5.26. The largest absolute Gasteiger partial charge is 0.379 e. The number of nitrogens with two attached hydrogens (primary N) is 1. The third-order valence-corrected chi connectivity index (χ3v) is 3.63. The molecule has 1 aliphatic heterocycles. The molecule has 5 nitrogen and oxygen atoms in total. The van der Waals surface area contributed by atoms with Gasteiger partial charge >= 0.3 is 0 Å². The summed E-state index contributed by atoms with van der Waals surface area (Å²) in [5, 5.41) is 9.10. The highest BCUT2D eigenvalue weighted by atomic mass is 16.5. The lowest BCUT2D eigenvalue weighted by molar-refractivity contribution is -0.136. The maximum Gasteiger partial charge on any atom is 0.229 e.